The number of amides is 1. The molecule has 2 N–H and O–H groups in total. The summed E-state index contributed by atoms with van der Waals surface area (Å²) in [7, 11) is 0. The highest BCUT2D eigenvalue weighted by Gasteiger charge is 2.46. The quantitative estimate of drug-likeness (QED) is 0.703. The van der Waals surface area contributed by atoms with Gasteiger partial charge in [-0.25, -0.2) is 4.79 Å². The predicted octanol–water partition coefficient (Wildman–Crippen LogP) is 0.467. The van der Waals surface area contributed by atoms with Crippen LogP contribution in [0.2, 0.25) is 0 Å². The lowest BCUT2D eigenvalue weighted by molar-refractivity contribution is -0.159. The van der Waals surface area contributed by atoms with E-state index in [9.17, 15) is 14.7 Å². The van der Waals surface area contributed by atoms with Gasteiger partial charge in [0.15, 0.2) is 0 Å². The van der Waals surface area contributed by atoms with Crippen molar-refractivity contribution in [3.63, 3.8) is 0 Å². The van der Waals surface area contributed by atoms with Gasteiger partial charge in [0.05, 0.1) is 6.10 Å². The van der Waals surface area contributed by atoms with Crippen LogP contribution in [0, 0.1) is 5.41 Å². The maximum Gasteiger partial charge on any atom is 0.410 e. The van der Waals surface area contributed by atoms with Crippen molar-refractivity contribution in [3.05, 3.63) is 12.7 Å². The first-order valence-electron chi connectivity index (χ1n) is 5.36. The Morgan fingerprint density at radius 3 is 2.82 bits per heavy atom. The standard InChI is InChI=1S/C11H17NO5/c1-3-6-17-10(16)12-5-4-8(13)11(2,7-12)9(14)15/h3,8,13H,1,4-7H2,2H3,(H,14,15). The van der Waals surface area contributed by atoms with Crippen LogP contribution in [0.3, 0.4) is 0 Å². The van der Waals surface area contributed by atoms with Crippen molar-refractivity contribution in [1.29, 1.82) is 0 Å². The number of carboxylic acids is 1. The number of hydrogen-bond acceptors (Lipinski definition) is 4. The van der Waals surface area contributed by atoms with Gasteiger partial charge in [-0.3, -0.25) is 4.79 Å². The molecule has 0 radical (unpaired) electrons. The van der Waals surface area contributed by atoms with Crippen molar-refractivity contribution in [2.75, 3.05) is 19.7 Å². The van der Waals surface area contributed by atoms with Crippen molar-refractivity contribution in [2.24, 2.45) is 5.41 Å². The number of carbonyl (C=O) groups is 2. The fourth-order valence-corrected chi connectivity index (χ4v) is 1.77. The monoisotopic (exact) mass is 243 g/mol. The van der Waals surface area contributed by atoms with E-state index in [1.165, 1.54) is 17.9 Å². The second kappa shape index (κ2) is 5.18. The van der Waals surface area contributed by atoms with E-state index in [4.69, 9.17) is 9.84 Å². The van der Waals surface area contributed by atoms with E-state index in [-0.39, 0.29) is 19.6 Å². The summed E-state index contributed by atoms with van der Waals surface area (Å²) >= 11 is 0. The number of nitrogens with zero attached hydrogens (tertiary/aromatic N) is 1. The number of aliphatic hydroxyl groups excluding tert-OH is 1. The molecule has 2 atom stereocenters. The van der Waals surface area contributed by atoms with Gasteiger partial charge in [0, 0.05) is 13.1 Å². The summed E-state index contributed by atoms with van der Waals surface area (Å²) in [5, 5.41) is 18.8. The minimum Gasteiger partial charge on any atom is -0.481 e. The van der Waals surface area contributed by atoms with E-state index in [1.807, 2.05) is 0 Å². The third-order valence-electron chi connectivity index (χ3n) is 3.00. The lowest BCUT2D eigenvalue weighted by atomic mass is 9.79. The minimum absolute atomic E-state index is 0.0561. The number of likely N-dealkylation sites (tertiary alicyclic amines) is 1. The van der Waals surface area contributed by atoms with E-state index in [1.54, 1.807) is 0 Å². The number of ether oxygens (including phenoxy) is 1. The minimum atomic E-state index is -1.34. The lowest BCUT2D eigenvalue weighted by Crippen LogP contribution is -2.55. The van der Waals surface area contributed by atoms with Crippen LogP contribution in [-0.2, 0) is 9.53 Å². The first-order valence-corrected chi connectivity index (χ1v) is 5.36. The Kier molecular flexibility index (Phi) is 4.11. The van der Waals surface area contributed by atoms with E-state index in [0.717, 1.165) is 0 Å². The molecule has 2 unspecified atom stereocenters. The summed E-state index contributed by atoms with van der Waals surface area (Å²) in [6.45, 7) is 5.16. The molecular formula is C11H17NO5. The molecule has 96 valence electrons. The molecule has 1 aliphatic heterocycles. The molecule has 0 aliphatic carbocycles. The molecule has 1 fully saturated rings. The van der Waals surface area contributed by atoms with Gasteiger partial charge in [0.1, 0.15) is 12.0 Å². The molecule has 17 heavy (non-hydrogen) atoms. The summed E-state index contributed by atoms with van der Waals surface area (Å²) in [6.07, 6.45) is 0.131. The summed E-state index contributed by atoms with van der Waals surface area (Å²) in [5.74, 6) is -1.12. The number of piperidine rings is 1. The predicted molar refractivity (Wildman–Crippen MR) is 59.5 cm³/mol. The normalized spacial score (nSPS) is 28.6. The van der Waals surface area contributed by atoms with Crippen LogP contribution in [0.5, 0.6) is 0 Å². The highest BCUT2D eigenvalue weighted by atomic mass is 16.6. The largest absolute Gasteiger partial charge is 0.481 e. The maximum absolute atomic E-state index is 11.6. The number of rotatable bonds is 3. The van der Waals surface area contributed by atoms with Gasteiger partial charge in [-0.2, -0.15) is 0 Å². The molecule has 0 aromatic rings. The second-order valence-electron chi connectivity index (χ2n) is 4.31. The Bertz CT molecular complexity index is 330. The van der Waals surface area contributed by atoms with Crippen LogP contribution in [0.1, 0.15) is 13.3 Å². The SMILES string of the molecule is C=CCOC(=O)N1CCC(O)C(C)(C(=O)O)C1. The van der Waals surface area contributed by atoms with Gasteiger partial charge in [0.2, 0.25) is 0 Å². The van der Waals surface area contributed by atoms with Crippen LogP contribution >= 0.6 is 0 Å². The zero-order valence-electron chi connectivity index (χ0n) is 9.76. The summed E-state index contributed by atoms with van der Waals surface area (Å²) < 4.78 is 4.83. The molecular weight excluding hydrogens is 226 g/mol. The van der Waals surface area contributed by atoms with E-state index >= 15 is 0 Å². The molecule has 0 aromatic carbocycles. The van der Waals surface area contributed by atoms with Gasteiger partial charge in [-0.1, -0.05) is 12.7 Å². The Labute approximate surface area is 99.5 Å². The number of hydrogen-bond donors (Lipinski definition) is 2. The van der Waals surface area contributed by atoms with Crippen molar-refractivity contribution in [3.8, 4) is 0 Å². The van der Waals surface area contributed by atoms with Gasteiger partial charge in [0.25, 0.3) is 0 Å². The van der Waals surface area contributed by atoms with Gasteiger partial charge in [-0.15, -0.1) is 0 Å². The molecule has 1 aliphatic rings. The topological polar surface area (TPSA) is 87.1 Å². The second-order valence-corrected chi connectivity index (χ2v) is 4.31. The maximum atomic E-state index is 11.6. The zero-order chi connectivity index (χ0) is 13.1. The Hall–Kier alpha value is -1.56. The van der Waals surface area contributed by atoms with Crippen molar-refractivity contribution in [2.45, 2.75) is 19.4 Å². The molecule has 0 saturated carbocycles. The average molecular weight is 243 g/mol. The Morgan fingerprint density at radius 2 is 2.29 bits per heavy atom. The third kappa shape index (κ3) is 2.76. The fourth-order valence-electron chi connectivity index (χ4n) is 1.77. The Balaban J connectivity index is 2.70. The van der Waals surface area contributed by atoms with E-state index in [2.05, 4.69) is 6.58 Å². The van der Waals surface area contributed by atoms with Crippen LogP contribution < -0.4 is 0 Å². The summed E-state index contributed by atoms with van der Waals surface area (Å²) in [4.78, 5) is 24.0. The first kappa shape index (κ1) is 13.5. The molecule has 1 heterocycles. The lowest BCUT2D eigenvalue weighted by Gasteiger charge is -2.40. The van der Waals surface area contributed by atoms with Gasteiger partial charge < -0.3 is 19.8 Å². The molecule has 0 aromatic heterocycles. The highest BCUT2D eigenvalue weighted by Crippen LogP contribution is 2.30. The van der Waals surface area contributed by atoms with Crippen LogP contribution in [0.4, 0.5) is 4.79 Å². The smallest absolute Gasteiger partial charge is 0.410 e. The van der Waals surface area contributed by atoms with Crippen molar-refractivity contribution in [1.82, 2.24) is 4.90 Å². The molecule has 1 rings (SSSR count). The fraction of sp³-hybridized carbons (Fsp3) is 0.636. The van der Waals surface area contributed by atoms with E-state index < -0.39 is 23.6 Å². The Morgan fingerprint density at radius 1 is 1.65 bits per heavy atom. The highest BCUT2D eigenvalue weighted by molar-refractivity contribution is 5.77. The average Bonchev–Trinajstić information content (AvgIpc) is 2.29. The number of carboxylic acid groups (broad SMARTS) is 1. The van der Waals surface area contributed by atoms with Crippen molar-refractivity contribution < 1.29 is 24.5 Å². The zero-order valence-corrected chi connectivity index (χ0v) is 9.76. The summed E-state index contributed by atoms with van der Waals surface area (Å²) in [5.41, 5.74) is -1.34. The van der Waals surface area contributed by atoms with Crippen LogP contribution in [0.15, 0.2) is 12.7 Å². The molecule has 6 nitrogen and oxygen atoms in total. The molecule has 1 amide bonds. The van der Waals surface area contributed by atoms with Gasteiger partial charge >= 0.3 is 12.1 Å². The van der Waals surface area contributed by atoms with Crippen LogP contribution in [0.25, 0.3) is 0 Å². The third-order valence-corrected chi connectivity index (χ3v) is 3.00. The summed E-state index contributed by atoms with van der Waals surface area (Å²) in [6, 6.07) is 0. The van der Waals surface area contributed by atoms with E-state index in [0.29, 0.717) is 6.54 Å². The molecule has 6 heteroatoms. The van der Waals surface area contributed by atoms with Crippen molar-refractivity contribution >= 4 is 12.1 Å². The molecule has 0 spiro atoms. The van der Waals surface area contributed by atoms with Crippen LogP contribution in [-0.4, -0.2) is 53.0 Å². The number of carbonyl (C=O) groups excluding carboxylic acids is 1. The first-order chi connectivity index (χ1) is 7.91. The molecule has 1 saturated heterocycles. The molecule has 0 bridgehead atoms. The number of aliphatic carboxylic acids is 1. The number of aliphatic hydroxyl groups is 1. The van der Waals surface area contributed by atoms with Gasteiger partial charge in [-0.05, 0) is 13.3 Å².